The van der Waals surface area contributed by atoms with Crippen LogP contribution in [0.2, 0.25) is 0 Å². The number of hydrogen-bond donors (Lipinski definition) is 0. The lowest BCUT2D eigenvalue weighted by Crippen LogP contribution is -2.33. The van der Waals surface area contributed by atoms with Crippen molar-refractivity contribution < 1.29 is 95.3 Å². The summed E-state index contributed by atoms with van der Waals surface area (Å²) < 4.78 is 62.2. The zero-order chi connectivity index (χ0) is 64.7. The molecule has 0 atom stereocenters. The number of carbonyl (C=O) groups is 9. The Morgan fingerprint density at radius 1 is 0.473 bits per heavy atom. The zero-order valence-corrected chi connectivity index (χ0v) is 52.5. The highest BCUT2D eigenvalue weighted by molar-refractivity contribution is 7.22. The minimum absolute atomic E-state index is 0.0759. The molecule has 91 heavy (non-hydrogen) atoms. The number of ether oxygens (including phenoxy) is 11. The van der Waals surface area contributed by atoms with Crippen LogP contribution in [0.15, 0.2) is 85.5 Å². The molecule has 0 aliphatic heterocycles. The Morgan fingerprint density at radius 3 is 1.38 bits per heavy atom. The van der Waals surface area contributed by atoms with Crippen molar-refractivity contribution in [3.63, 3.8) is 0 Å². The first-order valence-electron chi connectivity index (χ1n) is 31.7. The van der Waals surface area contributed by atoms with Gasteiger partial charge in [-0.1, -0.05) is 43.2 Å². The van der Waals surface area contributed by atoms with Gasteiger partial charge in [-0.25, -0.2) is 24.4 Å². The first-order valence-corrected chi connectivity index (χ1v) is 32.5. The van der Waals surface area contributed by atoms with Crippen molar-refractivity contribution in [3.8, 4) is 11.5 Å². The molecule has 4 fully saturated rings. The molecule has 23 nitrogen and oxygen atoms in total. The van der Waals surface area contributed by atoms with Gasteiger partial charge in [0.1, 0.15) is 30.3 Å². The van der Waals surface area contributed by atoms with E-state index in [4.69, 9.17) is 62.2 Å². The van der Waals surface area contributed by atoms with Gasteiger partial charge in [0.05, 0.1) is 111 Å². The number of hydrazone groups is 1. The summed E-state index contributed by atoms with van der Waals surface area (Å²) in [6, 6.07) is 12.3. The van der Waals surface area contributed by atoms with Crippen molar-refractivity contribution in [2.75, 3.05) is 71.0 Å². The molecule has 1 aromatic heterocycles. The van der Waals surface area contributed by atoms with E-state index in [-0.39, 0.29) is 137 Å². The van der Waals surface area contributed by atoms with Crippen LogP contribution in [0.1, 0.15) is 134 Å². The minimum atomic E-state index is -0.538. The fourth-order valence-electron chi connectivity index (χ4n) is 11.1. The van der Waals surface area contributed by atoms with Gasteiger partial charge in [0, 0.05) is 23.8 Å². The number of hydrogen-bond acceptors (Lipinski definition) is 24. The van der Waals surface area contributed by atoms with Crippen molar-refractivity contribution >= 4 is 86.6 Å². The Hall–Kier alpha value is -7.83. The maximum atomic E-state index is 14.0. The van der Waals surface area contributed by atoms with E-state index in [0.29, 0.717) is 139 Å². The smallest absolute Gasteiger partial charge is 0.330 e. The third-order valence-electron chi connectivity index (χ3n) is 16.5. The van der Waals surface area contributed by atoms with E-state index >= 15 is 0 Å². The van der Waals surface area contributed by atoms with Gasteiger partial charge in [-0.3, -0.25) is 28.8 Å². The largest absolute Gasteiger partial charge is 0.465 e. The molecule has 0 unspecified atom stereocenters. The van der Waals surface area contributed by atoms with E-state index in [9.17, 15) is 43.2 Å². The third-order valence-corrected chi connectivity index (χ3v) is 17.5. The SMILES string of the molecule is C=CC(=O)OCCCCOC(=O)C1CCC(C(=O)OC2CCC(C(=O)Oc3ccc(OC(=O)C4CCC(OC(=O)C5CCC(C(=O)OCCCCOC(=O)C=C)CC5)CC4)c(/C=N/N(CCOCCOCCOC(=O)C=C)c4nc5ccccc5s4)c3)CC2)CC1. The van der Waals surface area contributed by atoms with Gasteiger partial charge >= 0.3 is 53.7 Å². The summed E-state index contributed by atoms with van der Waals surface area (Å²) in [4.78, 5) is 119. The van der Waals surface area contributed by atoms with Crippen LogP contribution in [0, 0.1) is 35.5 Å². The van der Waals surface area contributed by atoms with E-state index < -0.39 is 41.7 Å². The molecule has 0 bridgehead atoms. The van der Waals surface area contributed by atoms with E-state index in [1.807, 2.05) is 24.3 Å². The first kappa shape index (κ1) is 70.6. The highest BCUT2D eigenvalue weighted by Gasteiger charge is 2.37. The van der Waals surface area contributed by atoms with Gasteiger partial charge in [-0.2, -0.15) is 5.10 Å². The van der Waals surface area contributed by atoms with Gasteiger partial charge in [0.25, 0.3) is 0 Å². The molecule has 0 radical (unpaired) electrons. The molecule has 4 saturated carbocycles. The molecular formula is C67H85N3O20S. The molecule has 4 aliphatic carbocycles. The standard InChI is InChI=1S/C67H85N3O20S/c1-4-58(71)82-34-9-11-36-85-61(74)45-15-19-47(20-16-45)63(76)87-52-27-23-49(24-28-52)65(78)89-54-31-32-56(51(43-54)44-68-70(67-69-55-13-7-8-14-57(55)91-67)33-38-80-39-40-81-41-42-84-60(73)6-3)90-66(79)50-25-29-53(30-26-50)88-64(77)48-21-17-46(18-22-48)62(75)86-37-12-10-35-83-59(72)5-2/h4-8,13-14,31-32,43-50,52-53H,1-3,9-12,15-30,33-42H2/b68-44+. The van der Waals surface area contributed by atoms with Crippen LogP contribution in [-0.4, -0.2) is 143 Å². The number of carbonyl (C=O) groups excluding carboxylic acids is 9. The number of benzene rings is 2. The molecule has 7 rings (SSSR count). The lowest BCUT2D eigenvalue weighted by Gasteiger charge is -2.30. The highest BCUT2D eigenvalue weighted by atomic mass is 32.1. The Balaban J connectivity index is 0.921. The normalized spacial score (nSPS) is 21.5. The second-order valence-electron chi connectivity index (χ2n) is 22.9. The van der Waals surface area contributed by atoms with Crippen molar-refractivity contribution in [3.05, 3.63) is 86.0 Å². The fraction of sp³-hybridized carbons (Fsp3) is 0.567. The van der Waals surface area contributed by atoms with E-state index in [1.165, 1.54) is 17.6 Å². The van der Waals surface area contributed by atoms with Crippen molar-refractivity contribution in [1.29, 1.82) is 0 Å². The number of nitrogens with zero attached hydrogens (tertiary/aromatic N) is 3. The number of thiazole rings is 1. The molecule has 1 heterocycles. The van der Waals surface area contributed by atoms with Crippen LogP contribution in [-0.2, 0) is 85.8 Å². The Labute approximate surface area is 534 Å². The molecule has 0 saturated heterocycles. The van der Waals surface area contributed by atoms with Gasteiger partial charge in [0.2, 0.25) is 5.13 Å². The van der Waals surface area contributed by atoms with E-state index in [1.54, 1.807) is 23.2 Å². The topological polar surface area (TPSA) is 284 Å². The van der Waals surface area contributed by atoms with Crippen LogP contribution < -0.4 is 14.5 Å². The minimum Gasteiger partial charge on any atom is -0.465 e. The molecule has 4 aliphatic rings. The summed E-state index contributed by atoms with van der Waals surface area (Å²) in [5, 5.41) is 7.07. The quantitative estimate of drug-likeness (QED) is 0.0101. The van der Waals surface area contributed by atoms with Crippen LogP contribution >= 0.6 is 11.3 Å². The van der Waals surface area contributed by atoms with Crippen molar-refractivity contribution in [2.24, 2.45) is 40.6 Å². The summed E-state index contributed by atoms with van der Waals surface area (Å²) in [7, 11) is 0. The second kappa shape index (κ2) is 38.1. The van der Waals surface area contributed by atoms with Gasteiger partial charge in [0.15, 0.2) is 0 Å². The first-order chi connectivity index (χ1) is 44.2. The molecule has 0 spiro atoms. The monoisotopic (exact) mass is 1280 g/mol. The lowest BCUT2D eigenvalue weighted by molar-refractivity contribution is -0.161. The number of fused-ring (bicyclic) bond motifs is 1. The molecule has 0 amide bonds. The summed E-state index contributed by atoms with van der Waals surface area (Å²) in [5.41, 5.74) is 1.09. The number of aromatic nitrogens is 1. The molecule has 3 aromatic rings. The Bertz CT molecular complexity index is 2930. The maximum Gasteiger partial charge on any atom is 0.330 e. The van der Waals surface area contributed by atoms with E-state index in [0.717, 1.165) is 28.4 Å². The molecule has 0 N–H and O–H groups in total. The van der Waals surface area contributed by atoms with Gasteiger partial charge in [-0.05, 0) is 159 Å². The average molecular weight is 1280 g/mol. The number of para-hydroxylation sites is 1. The van der Waals surface area contributed by atoms with Gasteiger partial charge in [-0.15, -0.1) is 0 Å². The van der Waals surface area contributed by atoms with Crippen LogP contribution in [0.25, 0.3) is 10.2 Å². The Morgan fingerprint density at radius 2 is 0.890 bits per heavy atom. The molecule has 2 aromatic carbocycles. The predicted octanol–water partition coefficient (Wildman–Crippen LogP) is 9.63. The van der Waals surface area contributed by atoms with Crippen molar-refractivity contribution in [2.45, 2.75) is 141 Å². The molecular weight excluding hydrogens is 1200 g/mol. The zero-order valence-electron chi connectivity index (χ0n) is 51.7. The number of rotatable bonds is 35. The number of anilines is 1. The molecule has 494 valence electrons. The van der Waals surface area contributed by atoms with Crippen molar-refractivity contribution in [1.82, 2.24) is 4.98 Å². The molecule has 24 heteroatoms. The second-order valence-corrected chi connectivity index (χ2v) is 23.9. The summed E-state index contributed by atoms with van der Waals surface area (Å²) in [6.07, 6.45) is 13.8. The highest BCUT2D eigenvalue weighted by Crippen LogP contribution is 2.37. The van der Waals surface area contributed by atoms with Crippen LogP contribution in [0.5, 0.6) is 11.5 Å². The average Bonchev–Trinajstić information content (AvgIpc) is 2.16. The lowest BCUT2D eigenvalue weighted by atomic mass is 9.82. The fourth-order valence-corrected chi connectivity index (χ4v) is 12.1. The summed E-state index contributed by atoms with van der Waals surface area (Å²) >= 11 is 1.42. The maximum absolute atomic E-state index is 14.0. The van der Waals surface area contributed by atoms with Gasteiger partial charge < -0.3 is 52.1 Å². The number of unbranched alkanes of at least 4 members (excludes halogenated alkanes) is 2. The predicted molar refractivity (Wildman–Crippen MR) is 332 cm³/mol. The van der Waals surface area contributed by atoms with E-state index in [2.05, 4.69) is 19.7 Å². The van der Waals surface area contributed by atoms with Crippen LogP contribution in [0.3, 0.4) is 0 Å². The number of esters is 9. The van der Waals surface area contributed by atoms with Crippen LogP contribution in [0.4, 0.5) is 5.13 Å². The summed E-state index contributed by atoms with van der Waals surface area (Å²) in [5.74, 6) is -5.59. The Kier molecular flexibility index (Phi) is 29.6. The third kappa shape index (κ3) is 23.7. The summed E-state index contributed by atoms with van der Waals surface area (Å²) in [6.45, 7) is 12.2.